The lowest BCUT2D eigenvalue weighted by Crippen LogP contribution is -2.43. The molecule has 1 fully saturated rings. The van der Waals surface area contributed by atoms with Crippen molar-refractivity contribution in [2.24, 2.45) is 0 Å². The fourth-order valence-electron chi connectivity index (χ4n) is 1.57. The summed E-state index contributed by atoms with van der Waals surface area (Å²) in [5.41, 5.74) is 0. The predicted octanol–water partition coefficient (Wildman–Crippen LogP) is -0.502. The van der Waals surface area contributed by atoms with Gasteiger partial charge in [-0.2, -0.15) is 0 Å². The molecule has 0 aromatic carbocycles. The smallest absolute Gasteiger partial charge is 0.0607 e. The Morgan fingerprint density at radius 3 is 2.69 bits per heavy atom. The van der Waals surface area contributed by atoms with Crippen molar-refractivity contribution in [2.45, 2.75) is 31.3 Å². The molecule has 4 nitrogen and oxygen atoms in total. The van der Waals surface area contributed by atoms with Gasteiger partial charge in [-0.25, -0.2) is 0 Å². The largest absolute Gasteiger partial charge is 0.395 e. The lowest BCUT2D eigenvalue weighted by atomic mass is 10.1. The Labute approximate surface area is 78.9 Å². The lowest BCUT2D eigenvalue weighted by molar-refractivity contribution is 0.136. The molecule has 78 valence electrons. The maximum absolute atomic E-state index is 8.87. The van der Waals surface area contributed by atoms with E-state index in [4.69, 9.17) is 14.9 Å². The highest BCUT2D eigenvalue weighted by Gasteiger charge is 2.15. The average Bonchev–Trinajstić information content (AvgIpc) is 2.42. The number of rotatable bonds is 4. The van der Waals surface area contributed by atoms with E-state index in [1.54, 1.807) is 0 Å². The summed E-state index contributed by atoms with van der Waals surface area (Å²) < 4.78 is 5.31. The van der Waals surface area contributed by atoms with Crippen molar-refractivity contribution >= 4 is 0 Å². The molecule has 13 heavy (non-hydrogen) atoms. The molecule has 1 atom stereocenters. The highest BCUT2D eigenvalue weighted by molar-refractivity contribution is 4.74. The predicted molar refractivity (Wildman–Crippen MR) is 49.6 cm³/mol. The van der Waals surface area contributed by atoms with Crippen molar-refractivity contribution in [1.82, 2.24) is 5.32 Å². The van der Waals surface area contributed by atoms with Gasteiger partial charge in [0, 0.05) is 19.3 Å². The van der Waals surface area contributed by atoms with Crippen molar-refractivity contribution < 1.29 is 14.9 Å². The van der Waals surface area contributed by atoms with Crippen molar-refractivity contribution in [1.29, 1.82) is 0 Å². The highest BCUT2D eigenvalue weighted by Crippen LogP contribution is 2.08. The van der Waals surface area contributed by atoms with E-state index >= 15 is 0 Å². The zero-order chi connectivity index (χ0) is 9.52. The Morgan fingerprint density at radius 1 is 1.23 bits per heavy atom. The number of aliphatic hydroxyl groups excluding tert-OH is 2. The van der Waals surface area contributed by atoms with Gasteiger partial charge in [0.1, 0.15) is 0 Å². The van der Waals surface area contributed by atoms with E-state index in [1.807, 2.05) is 0 Å². The molecule has 0 amide bonds. The second-order valence-electron chi connectivity index (χ2n) is 3.47. The van der Waals surface area contributed by atoms with Crippen LogP contribution in [0.25, 0.3) is 0 Å². The second-order valence-corrected chi connectivity index (χ2v) is 3.47. The van der Waals surface area contributed by atoms with Crippen LogP contribution in [0, 0.1) is 0 Å². The fourth-order valence-corrected chi connectivity index (χ4v) is 1.57. The Bertz CT molecular complexity index is 120. The number of nitrogens with one attached hydrogen (secondary N) is 1. The zero-order valence-electron chi connectivity index (χ0n) is 7.91. The molecule has 1 unspecified atom stereocenters. The van der Waals surface area contributed by atoms with Gasteiger partial charge in [0.25, 0.3) is 0 Å². The molecule has 1 heterocycles. The Morgan fingerprint density at radius 2 is 2.00 bits per heavy atom. The Kier molecular flexibility index (Phi) is 5.31. The summed E-state index contributed by atoms with van der Waals surface area (Å²) in [5, 5.41) is 21.0. The molecule has 0 bridgehead atoms. The first-order valence-corrected chi connectivity index (χ1v) is 4.92. The summed E-state index contributed by atoms with van der Waals surface area (Å²) in [5.74, 6) is 0. The summed E-state index contributed by atoms with van der Waals surface area (Å²) in [6.45, 7) is 1.60. The van der Waals surface area contributed by atoms with E-state index in [2.05, 4.69) is 5.32 Å². The number of hydrogen-bond donors (Lipinski definition) is 3. The minimum atomic E-state index is -0.178. The van der Waals surface area contributed by atoms with E-state index in [-0.39, 0.29) is 19.3 Å². The maximum Gasteiger partial charge on any atom is 0.0607 e. The lowest BCUT2D eigenvalue weighted by Gasteiger charge is -2.21. The van der Waals surface area contributed by atoms with Gasteiger partial charge in [-0.3, -0.25) is 0 Å². The van der Waals surface area contributed by atoms with Crippen molar-refractivity contribution in [3.8, 4) is 0 Å². The Hall–Kier alpha value is -0.160. The topological polar surface area (TPSA) is 61.7 Å². The van der Waals surface area contributed by atoms with Gasteiger partial charge in [-0.15, -0.1) is 0 Å². The van der Waals surface area contributed by atoms with Gasteiger partial charge in [-0.1, -0.05) is 0 Å². The van der Waals surface area contributed by atoms with E-state index in [0.29, 0.717) is 6.04 Å². The van der Waals surface area contributed by atoms with Gasteiger partial charge < -0.3 is 20.3 Å². The quantitative estimate of drug-likeness (QED) is 0.558. The van der Waals surface area contributed by atoms with Crippen LogP contribution in [0.4, 0.5) is 0 Å². The standard InChI is InChI=1S/C9H19NO3/c11-6-9(7-12)10-8-2-1-4-13-5-3-8/h8-12H,1-7H2. The number of ether oxygens (including phenoxy) is 1. The minimum Gasteiger partial charge on any atom is -0.395 e. The first kappa shape index (κ1) is 10.9. The van der Waals surface area contributed by atoms with Crippen LogP contribution in [0.3, 0.4) is 0 Å². The van der Waals surface area contributed by atoms with Crippen LogP contribution in [-0.2, 0) is 4.74 Å². The number of hydrogen-bond acceptors (Lipinski definition) is 4. The summed E-state index contributed by atoms with van der Waals surface area (Å²) >= 11 is 0. The minimum absolute atomic E-state index is 0.00609. The van der Waals surface area contributed by atoms with Crippen LogP contribution in [-0.4, -0.2) is 48.7 Å². The molecule has 4 heteroatoms. The molecular weight excluding hydrogens is 170 g/mol. The fraction of sp³-hybridized carbons (Fsp3) is 1.00. The van der Waals surface area contributed by atoms with Gasteiger partial charge in [-0.05, 0) is 19.3 Å². The van der Waals surface area contributed by atoms with E-state index in [9.17, 15) is 0 Å². The molecule has 1 aliphatic heterocycles. The molecule has 1 rings (SSSR count). The highest BCUT2D eigenvalue weighted by atomic mass is 16.5. The SMILES string of the molecule is OCC(CO)NC1CCCOCC1. The third-order valence-electron chi connectivity index (χ3n) is 2.36. The molecule has 3 N–H and O–H groups in total. The average molecular weight is 189 g/mol. The van der Waals surface area contributed by atoms with Crippen LogP contribution in [0.15, 0.2) is 0 Å². The molecule has 0 radical (unpaired) electrons. The normalized spacial score (nSPS) is 24.7. The molecule has 0 aromatic heterocycles. The van der Waals surface area contributed by atoms with Crippen LogP contribution < -0.4 is 5.32 Å². The molecule has 0 aliphatic carbocycles. The van der Waals surface area contributed by atoms with Crippen LogP contribution >= 0.6 is 0 Å². The second kappa shape index (κ2) is 6.32. The van der Waals surface area contributed by atoms with E-state index in [1.165, 1.54) is 0 Å². The summed E-state index contributed by atoms with van der Waals surface area (Å²) in [7, 11) is 0. The summed E-state index contributed by atoms with van der Waals surface area (Å²) in [6.07, 6.45) is 3.09. The van der Waals surface area contributed by atoms with Gasteiger partial charge in [0.15, 0.2) is 0 Å². The molecular formula is C9H19NO3. The van der Waals surface area contributed by atoms with Gasteiger partial charge in [0.2, 0.25) is 0 Å². The molecule has 1 saturated heterocycles. The molecule has 0 spiro atoms. The van der Waals surface area contributed by atoms with Crippen molar-refractivity contribution in [2.75, 3.05) is 26.4 Å². The van der Waals surface area contributed by atoms with Gasteiger partial charge in [0.05, 0.1) is 19.3 Å². The van der Waals surface area contributed by atoms with E-state index < -0.39 is 0 Å². The molecule has 0 saturated carbocycles. The molecule has 0 aromatic rings. The van der Waals surface area contributed by atoms with Crippen LogP contribution in [0.5, 0.6) is 0 Å². The third kappa shape index (κ3) is 4.04. The summed E-state index contributed by atoms with van der Waals surface area (Å²) in [4.78, 5) is 0. The Balaban J connectivity index is 2.24. The monoisotopic (exact) mass is 189 g/mol. The van der Waals surface area contributed by atoms with E-state index in [0.717, 1.165) is 32.5 Å². The van der Waals surface area contributed by atoms with Crippen LogP contribution in [0.2, 0.25) is 0 Å². The maximum atomic E-state index is 8.87. The third-order valence-corrected chi connectivity index (χ3v) is 2.36. The van der Waals surface area contributed by atoms with Gasteiger partial charge >= 0.3 is 0 Å². The molecule has 1 aliphatic rings. The summed E-state index contributed by atoms with van der Waals surface area (Å²) in [6, 6.07) is 0.204. The zero-order valence-corrected chi connectivity index (χ0v) is 7.91. The van der Waals surface area contributed by atoms with Crippen molar-refractivity contribution in [3.05, 3.63) is 0 Å². The first-order chi connectivity index (χ1) is 6.36. The first-order valence-electron chi connectivity index (χ1n) is 4.92. The van der Waals surface area contributed by atoms with Crippen molar-refractivity contribution in [3.63, 3.8) is 0 Å². The van der Waals surface area contributed by atoms with Crippen LogP contribution in [0.1, 0.15) is 19.3 Å². The number of aliphatic hydroxyl groups is 2.